The van der Waals surface area contributed by atoms with E-state index in [4.69, 9.17) is 5.73 Å². The quantitative estimate of drug-likeness (QED) is 0.537. The zero-order valence-electron chi connectivity index (χ0n) is 16.1. The van der Waals surface area contributed by atoms with E-state index in [0.717, 1.165) is 16.7 Å². The van der Waals surface area contributed by atoms with Crippen LogP contribution in [0.2, 0.25) is 0 Å². The molecule has 0 aliphatic heterocycles. The number of amides is 1. The van der Waals surface area contributed by atoms with Crippen molar-refractivity contribution < 1.29 is 9.18 Å². The van der Waals surface area contributed by atoms with Crippen molar-refractivity contribution in [3.05, 3.63) is 125 Å². The number of halogens is 1. The Morgan fingerprint density at radius 1 is 0.833 bits per heavy atom. The zero-order valence-corrected chi connectivity index (χ0v) is 16.1. The summed E-state index contributed by atoms with van der Waals surface area (Å²) in [6, 6.07) is 19.2. The Morgan fingerprint density at radius 2 is 1.47 bits per heavy atom. The molecule has 0 fully saturated rings. The molecule has 4 aromatic rings. The van der Waals surface area contributed by atoms with Crippen LogP contribution in [0.3, 0.4) is 0 Å². The van der Waals surface area contributed by atoms with E-state index in [1.807, 2.05) is 30.3 Å². The summed E-state index contributed by atoms with van der Waals surface area (Å²) >= 11 is 0. The number of benzene rings is 1. The van der Waals surface area contributed by atoms with Crippen LogP contribution in [0.25, 0.3) is 0 Å². The van der Waals surface area contributed by atoms with Crippen LogP contribution in [0.1, 0.15) is 32.9 Å². The van der Waals surface area contributed by atoms with Gasteiger partial charge in [0.2, 0.25) is 0 Å². The van der Waals surface area contributed by atoms with Crippen molar-refractivity contribution in [2.75, 3.05) is 0 Å². The molecule has 148 valence electrons. The van der Waals surface area contributed by atoms with Crippen LogP contribution < -0.4 is 5.73 Å². The van der Waals surface area contributed by atoms with Crippen LogP contribution in [0.4, 0.5) is 4.39 Å². The van der Waals surface area contributed by atoms with E-state index in [9.17, 15) is 9.18 Å². The summed E-state index contributed by atoms with van der Waals surface area (Å²) in [5, 5.41) is 0. The van der Waals surface area contributed by atoms with E-state index in [1.165, 1.54) is 12.1 Å². The molecule has 3 aromatic heterocycles. The fraction of sp³-hybridized carbons (Fsp3) is 0.0833. The normalized spacial score (nSPS) is 11.2. The largest absolute Gasteiger partial charge is 0.364 e. The summed E-state index contributed by atoms with van der Waals surface area (Å²) in [7, 11) is 0. The Balaban J connectivity index is 1.98. The van der Waals surface area contributed by atoms with Gasteiger partial charge in [0.25, 0.3) is 5.91 Å². The number of carbonyl (C=O) groups is 1. The molecule has 0 atom stereocenters. The lowest BCUT2D eigenvalue weighted by molar-refractivity contribution is 0.0995. The third-order valence-electron chi connectivity index (χ3n) is 5.15. The first-order chi connectivity index (χ1) is 14.6. The summed E-state index contributed by atoms with van der Waals surface area (Å²) < 4.78 is 13.8. The van der Waals surface area contributed by atoms with E-state index in [1.54, 1.807) is 49.1 Å². The molecule has 5 nitrogen and oxygen atoms in total. The number of nitrogens with two attached hydrogens (primary N) is 1. The molecule has 30 heavy (non-hydrogen) atoms. The standard InChI is InChI=1S/C24H19FN4O/c25-20-10-8-17(9-11-20)24(18-4-2-12-27-15-18,19-5-3-13-28-16-19)14-21-6-1-7-22(29-21)23(26)30/h1-13,15-16H,14H2,(H2,26,30). The Bertz CT molecular complexity index is 1110. The van der Waals surface area contributed by atoms with Crippen molar-refractivity contribution in [3.63, 3.8) is 0 Å². The van der Waals surface area contributed by atoms with Crippen LogP contribution in [0, 0.1) is 5.82 Å². The molecule has 0 spiro atoms. The number of nitrogens with zero attached hydrogens (tertiary/aromatic N) is 3. The maximum atomic E-state index is 13.8. The number of hydrogen-bond acceptors (Lipinski definition) is 4. The number of carbonyl (C=O) groups excluding carboxylic acids is 1. The third-order valence-corrected chi connectivity index (χ3v) is 5.15. The molecule has 0 saturated carbocycles. The average molecular weight is 398 g/mol. The molecule has 1 amide bonds. The van der Waals surface area contributed by atoms with Gasteiger partial charge in [0.05, 0.1) is 5.41 Å². The SMILES string of the molecule is NC(=O)c1cccc(CC(c2ccc(F)cc2)(c2cccnc2)c2cccnc2)n1. The molecule has 4 rings (SSSR count). The lowest BCUT2D eigenvalue weighted by atomic mass is 9.67. The number of pyridine rings is 3. The highest BCUT2D eigenvalue weighted by atomic mass is 19.1. The molecule has 3 heterocycles. The second-order valence-electron chi connectivity index (χ2n) is 6.95. The molecule has 0 aliphatic rings. The van der Waals surface area contributed by atoms with Crippen LogP contribution in [0.5, 0.6) is 0 Å². The molecule has 6 heteroatoms. The van der Waals surface area contributed by atoms with E-state index in [0.29, 0.717) is 12.1 Å². The summed E-state index contributed by atoms with van der Waals surface area (Å²) in [4.78, 5) is 24.8. The minimum Gasteiger partial charge on any atom is -0.364 e. The maximum Gasteiger partial charge on any atom is 0.267 e. The monoisotopic (exact) mass is 398 g/mol. The molecule has 0 radical (unpaired) electrons. The van der Waals surface area contributed by atoms with Gasteiger partial charge in [0, 0.05) is 36.9 Å². The van der Waals surface area contributed by atoms with E-state index in [-0.39, 0.29) is 11.5 Å². The first-order valence-electron chi connectivity index (χ1n) is 9.42. The van der Waals surface area contributed by atoms with Gasteiger partial charge in [-0.3, -0.25) is 14.8 Å². The fourth-order valence-corrected chi connectivity index (χ4v) is 3.76. The smallest absolute Gasteiger partial charge is 0.267 e. The van der Waals surface area contributed by atoms with Gasteiger partial charge in [-0.1, -0.05) is 30.3 Å². The van der Waals surface area contributed by atoms with E-state index >= 15 is 0 Å². The predicted octanol–water partition coefficient (Wildman–Crippen LogP) is 3.69. The second-order valence-corrected chi connectivity index (χ2v) is 6.95. The maximum absolute atomic E-state index is 13.8. The van der Waals surface area contributed by atoms with Gasteiger partial charge in [-0.05, 0) is 53.1 Å². The topological polar surface area (TPSA) is 81.8 Å². The highest BCUT2D eigenvalue weighted by Gasteiger charge is 2.37. The van der Waals surface area contributed by atoms with Crippen molar-refractivity contribution in [2.45, 2.75) is 11.8 Å². The molecule has 0 unspecified atom stereocenters. The molecular weight excluding hydrogens is 379 g/mol. The number of primary amides is 1. The van der Waals surface area contributed by atoms with Gasteiger partial charge in [0.1, 0.15) is 11.5 Å². The number of hydrogen-bond donors (Lipinski definition) is 1. The fourth-order valence-electron chi connectivity index (χ4n) is 3.76. The second kappa shape index (κ2) is 8.21. The zero-order chi connectivity index (χ0) is 21.0. The first-order valence-corrected chi connectivity index (χ1v) is 9.42. The van der Waals surface area contributed by atoms with Gasteiger partial charge < -0.3 is 5.73 Å². The first kappa shape index (κ1) is 19.4. The highest BCUT2D eigenvalue weighted by molar-refractivity contribution is 5.90. The Hall–Kier alpha value is -3.93. The third kappa shape index (κ3) is 3.67. The lowest BCUT2D eigenvalue weighted by Crippen LogP contribution is -2.33. The molecule has 2 N–H and O–H groups in total. The summed E-state index contributed by atoms with van der Waals surface area (Å²) in [6.07, 6.45) is 7.38. The van der Waals surface area contributed by atoms with Crippen LogP contribution in [0.15, 0.2) is 91.5 Å². The van der Waals surface area contributed by atoms with Crippen molar-refractivity contribution in [2.24, 2.45) is 5.73 Å². The Morgan fingerprint density at radius 3 is 2.00 bits per heavy atom. The lowest BCUT2D eigenvalue weighted by Gasteiger charge is -2.35. The van der Waals surface area contributed by atoms with Gasteiger partial charge in [0.15, 0.2) is 0 Å². The van der Waals surface area contributed by atoms with Gasteiger partial charge in [-0.2, -0.15) is 0 Å². The van der Waals surface area contributed by atoms with E-state index in [2.05, 4.69) is 15.0 Å². The summed E-state index contributed by atoms with van der Waals surface area (Å²) in [5.74, 6) is -0.911. The number of rotatable bonds is 6. The summed E-state index contributed by atoms with van der Waals surface area (Å²) in [6.45, 7) is 0. The van der Waals surface area contributed by atoms with Gasteiger partial charge in [-0.25, -0.2) is 9.37 Å². The molecular formula is C24H19FN4O. The molecule has 0 bridgehead atoms. The highest BCUT2D eigenvalue weighted by Crippen LogP contribution is 2.41. The van der Waals surface area contributed by atoms with Crippen LogP contribution in [-0.2, 0) is 11.8 Å². The van der Waals surface area contributed by atoms with Crippen molar-refractivity contribution >= 4 is 5.91 Å². The molecule has 0 aliphatic carbocycles. The van der Waals surface area contributed by atoms with Gasteiger partial charge >= 0.3 is 0 Å². The predicted molar refractivity (Wildman–Crippen MR) is 111 cm³/mol. The van der Waals surface area contributed by atoms with Gasteiger partial charge in [-0.15, -0.1) is 0 Å². The number of aromatic nitrogens is 3. The Kier molecular flexibility index (Phi) is 5.30. The van der Waals surface area contributed by atoms with Crippen molar-refractivity contribution in [1.29, 1.82) is 0 Å². The van der Waals surface area contributed by atoms with Crippen LogP contribution in [-0.4, -0.2) is 20.9 Å². The van der Waals surface area contributed by atoms with Crippen LogP contribution >= 0.6 is 0 Å². The average Bonchev–Trinajstić information content (AvgIpc) is 2.79. The molecule has 0 saturated heterocycles. The summed E-state index contributed by atoms with van der Waals surface area (Å²) in [5.41, 5.74) is 8.20. The Labute approximate surface area is 173 Å². The van der Waals surface area contributed by atoms with Crippen molar-refractivity contribution in [1.82, 2.24) is 15.0 Å². The van der Waals surface area contributed by atoms with Crippen molar-refractivity contribution in [3.8, 4) is 0 Å². The molecule has 1 aromatic carbocycles. The minimum atomic E-state index is -0.751. The van der Waals surface area contributed by atoms with E-state index < -0.39 is 11.3 Å². The minimum absolute atomic E-state index is 0.192.